The van der Waals surface area contributed by atoms with Gasteiger partial charge < -0.3 is 15.5 Å². The van der Waals surface area contributed by atoms with Crippen LogP contribution in [0.4, 0.5) is 17.1 Å². The summed E-state index contributed by atoms with van der Waals surface area (Å²) >= 11 is 0. The molecule has 2 N–H and O–H groups in total. The number of carbonyl (C=O) groups is 1. The van der Waals surface area contributed by atoms with Gasteiger partial charge in [-0.2, -0.15) is 0 Å². The predicted molar refractivity (Wildman–Crippen MR) is 100 cm³/mol. The Labute approximate surface area is 144 Å². The minimum atomic E-state index is -0.0785. The summed E-state index contributed by atoms with van der Waals surface area (Å²) in [5.74, 6) is -0.0785. The molecule has 0 aliphatic rings. The molecule has 128 valence electrons. The smallest absolute Gasteiger partial charge is 0.252 e. The summed E-state index contributed by atoms with van der Waals surface area (Å²) in [6.45, 7) is 2.85. The van der Waals surface area contributed by atoms with Crippen LogP contribution in [-0.2, 0) is 0 Å². The van der Waals surface area contributed by atoms with Crippen molar-refractivity contribution in [2.45, 2.75) is 26.2 Å². The number of benzene rings is 1. The van der Waals surface area contributed by atoms with Gasteiger partial charge in [0.25, 0.3) is 5.91 Å². The van der Waals surface area contributed by atoms with Gasteiger partial charge in [-0.1, -0.05) is 19.8 Å². The van der Waals surface area contributed by atoms with Crippen LogP contribution in [0, 0.1) is 0 Å². The minimum Gasteiger partial charge on any atom is -0.378 e. The Morgan fingerprint density at radius 1 is 1.08 bits per heavy atom. The summed E-state index contributed by atoms with van der Waals surface area (Å²) in [5.41, 5.74) is 3.47. The van der Waals surface area contributed by atoms with Crippen LogP contribution in [0.25, 0.3) is 0 Å². The average molecular weight is 326 g/mol. The van der Waals surface area contributed by atoms with Gasteiger partial charge in [0.15, 0.2) is 0 Å². The number of hydrogen-bond donors (Lipinski definition) is 2. The predicted octanol–water partition coefficient (Wildman–Crippen LogP) is 3.81. The van der Waals surface area contributed by atoms with Gasteiger partial charge in [-0.25, -0.2) is 0 Å². The Balaban J connectivity index is 1.98. The second-order valence-corrected chi connectivity index (χ2v) is 5.99. The quantitative estimate of drug-likeness (QED) is 0.724. The van der Waals surface area contributed by atoms with E-state index >= 15 is 0 Å². The third-order valence-corrected chi connectivity index (χ3v) is 3.74. The fourth-order valence-electron chi connectivity index (χ4n) is 2.32. The summed E-state index contributed by atoms with van der Waals surface area (Å²) < 4.78 is 0. The Morgan fingerprint density at radius 3 is 2.50 bits per heavy atom. The van der Waals surface area contributed by atoms with E-state index in [0.29, 0.717) is 12.1 Å². The Bertz CT molecular complexity index is 653. The van der Waals surface area contributed by atoms with Crippen LogP contribution in [-0.4, -0.2) is 31.5 Å². The van der Waals surface area contributed by atoms with Crippen molar-refractivity contribution in [2.75, 3.05) is 30.9 Å². The Kier molecular flexibility index (Phi) is 6.61. The van der Waals surface area contributed by atoms with Crippen molar-refractivity contribution in [3.05, 3.63) is 48.3 Å². The number of pyridine rings is 1. The number of rotatable bonds is 8. The molecule has 0 fully saturated rings. The molecule has 0 atom stereocenters. The Hall–Kier alpha value is -2.56. The summed E-state index contributed by atoms with van der Waals surface area (Å²) in [6, 6.07) is 9.92. The number of unbranched alkanes of at least 4 members (excludes halogenated alkanes) is 2. The number of hydrogen-bond acceptors (Lipinski definition) is 4. The zero-order chi connectivity index (χ0) is 17.4. The molecule has 2 aromatic rings. The lowest BCUT2D eigenvalue weighted by molar-refractivity contribution is 0.0952. The normalized spacial score (nSPS) is 10.3. The van der Waals surface area contributed by atoms with E-state index in [9.17, 15) is 4.79 Å². The van der Waals surface area contributed by atoms with E-state index in [4.69, 9.17) is 0 Å². The summed E-state index contributed by atoms with van der Waals surface area (Å²) in [7, 11) is 4.02. The molecular weight excluding hydrogens is 300 g/mol. The van der Waals surface area contributed by atoms with Crippen LogP contribution in [0.1, 0.15) is 36.5 Å². The molecule has 0 radical (unpaired) electrons. The third kappa shape index (κ3) is 5.26. The van der Waals surface area contributed by atoms with Crippen LogP contribution in [0.2, 0.25) is 0 Å². The molecule has 0 saturated heterocycles. The molecular formula is C19H26N4O. The zero-order valence-electron chi connectivity index (χ0n) is 14.7. The molecule has 1 aromatic carbocycles. The van der Waals surface area contributed by atoms with Crippen molar-refractivity contribution in [3.8, 4) is 0 Å². The van der Waals surface area contributed by atoms with Gasteiger partial charge in [-0.15, -0.1) is 0 Å². The molecule has 5 heteroatoms. The van der Waals surface area contributed by atoms with Crippen molar-refractivity contribution in [1.82, 2.24) is 10.3 Å². The topological polar surface area (TPSA) is 57.3 Å². The number of nitrogens with one attached hydrogen (secondary N) is 2. The van der Waals surface area contributed by atoms with Crippen LogP contribution in [0.3, 0.4) is 0 Å². The first kappa shape index (κ1) is 17.8. The number of amides is 1. The largest absolute Gasteiger partial charge is 0.378 e. The standard InChI is InChI=1S/C19H26N4O/c1-4-5-6-11-21-19(24)15-12-17(14-20-13-15)22-16-7-9-18(10-8-16)23(2)3/h7-10,12-14,22H,4-6,11H2,1-3H3,(H,21,24). The van der Waals surface area contributed by atoms with E-state index in [0.717, 1.165) is 36.3 Å². The highest BCUT2D eigenvalue weighted by Crippen LogP contribution is 2.20. The molecule has 0 spiro atoms. The average Bonchev–Trinajstić information content (AvgIpc) is 2.59. The summed E-state index contributed by atoms with van der Waals surface area (Å²) in [6.07, 6.45) is 6.58. The maximum Gasteiger partial charge on any atom is 0.252 e. The molecule has 0 saturated carbocycles. The molecule has 0 aliphatic carbocycles. The van der Waals surface area contributed by atoms with Crippen molar-refractivity contribution < 1.29 is 4.79 Å². The SMILES string of the molecule is CCCCCNC(=O)c1cncc(Nc2ccc(N(C)C)cc2)c1. The van der Waals surface area contributed by atoms with Gasteiger partial charge >= 0.3 is 0 Å². The van der Waals surface area contributed by atoms with Gasteiger partial charge in [0, 0.05) is 38.2 Å². The molecule has 5 nitrogen and oxygen atoms in total. The molecule has 2 rings (SSSR count). The van der Waals surface area contributed by atoms with E-state index in [1.807, 2.05) is 44.4 Å². The van der Waals surface area contributed by atoms with Crippen LogP contribution in [0.5, 0.6) is 0 Å². The van der Waals surface area contributed by atoms with E-state index in [2.05, 4.69) is 27.4 Å². The number of nitrogens with zero attached hydrogens (tertiary/aromatic N) is 2. The monoisotopic (exact) mass is 326 g/mol. The second kappa shape index (κ2) is 8.91. The van der Waals surface area contributed by atoms with Crippen LogP contribution >= 0.6 is 0 Å². The van der Waals surface area contributed by atoms with Gasteiger partial charge in [0.2, 0.25) is 0 Å². The van der Waals surface area contributed by atoms with Crippen LogP contribution in [0.15, 0.2) is 42.7 Å². The highest BCUT2D eigenvalue weighted by atomic mass is 16.1. The fourth-order valence-corrected chi connectivity index (χ4v) is 2.32. The molecule has 1 heterocycles. The van der Waals surface area contributed by atoms with Crippen LogP contribution < -0.4 is 15.5 Å². The van der Waals surface area contributed by atoms with Crippen molar-refractivity contribution >= 4 is 23.0 Å². The maximum atomic E-state index is 12.1. The molecule has 0 unspecified atom stereocenters. The van der Waals surface area contributed by atoms with E-state index in [1.165, 1.54) is 0 Å². The lowest BCUT2D eigenvalue weighted by Gasteiger charge is -2.13. The van der Waals surface area contributed by atoms with Gasteiger partial charge in [-0.3, -0.25) is 9.78 Å². The van der Waals surface area contributed by atoms with E-state index < -0.39 is 0 Å². The van der Waals surface area contributed by atoms with Crippen molar-refractivity contribution in [1.29, 1.82) is 0 Å². The number of anilines is 3. The van der Waals surface area contributed by atoms with Crippen molar-refractivity contribution in [2.24, 2.45) is 0 Å². The zero-order valence-corrected chi connectivity index (χ0v) is 14.7. The summed E-state index contributed by atoms with van der Waals surface area (Å²) in [4.78, 5) is 18.4. The first-order valence-corrected chi connectivity index (χ1v) is 8.38. The molecule has 1 amide bonds. The van der Waals surface area contributed by atoms with Gasteiger partial charge in [-0.05, 0) is 36.8 Å². The molecule has 0 aliphatic heterocycles. The third-order valence-electron chi connectivity index (χ3n) is 3.74. The Morgan fingerprint density at radius 2 is 1.83 bits per heavy atom. The molecule has 0 bridgehead atoms. The maximum absolute atomic E-state index is 12.1. The van der Waals surface area contributed by atoms with E-state index in [-0.39, 0.29) is 5.91 Å². The summed E-state index contributed by atoms with van der Waals surface area (Å²) in [5, 5.41) is 6.21. The number of carbonyl (C=O) groups excluding carboxylic acids is 1. The lowest BCUT2D eigenvalue weighted by atomic mass is 10.2. The van der Waals surface area contributed by atoms with Gasteiger partial charge in [0.05, 0.1) is 17.4 Å². The first-order chi connectivity index (χ1) is 11.6. The molecule has 1 aromatic heterocycles. The second-order valence-electron chi connectivity index (χ2n) is 5.99. The van der Waals surface area contributed by atoms with Crippen molar-refractivity contribution in [3.63, 3.8) is 0 Å². The first-order valence-electron chi connectivity index (χ1n) is 8.38. The van der Waals surface area contributed by atoms with E-state index in [1.54, 1.807) is 12.4 Å². The highest BCUT2D eigenvalue weighted by molar-refractivity contribution is 5.94. The number of aromatic nitrogens is 1. The lowest BCUT2D eigenvalue weighted by Crippen LogP contribution is -2.24. The van der Waals surface area contributed by atoms with Gasteiger partial charge in [0.1, 0.15) is 0 Å². The highest BCUT2D eigenvalue weighted by Gasteiger charge is 2.06. The minimum absolute atomic E-state index is 0.0785. The fraction of sp³-hybridized carbons (Fsp3) is 0.368. The molecule has 24 heavy (non-hydrogen) atoms.